The second-order valence-electron chi connectivity index (χ2n) is 4.02. The summed E-state index contributed by atoms with van der Waals surface area (Å²) in [4.78, 5) is 20.5. The number of nitro groups is 1. The van der Waals surface area contributed by atoms with Gasteiger partial charge < -0.3 is 11.1 Å². The van der Waals surface area contributed by atoms with E-state index < -0.39 is 4.92 Å². The van der Waals surface area contributed by atoms with E-state index in [9.17, 15) is 14.9 Å². The molecule has 0 spiro atoms. The Morgan fingerprint density at radius 3 is 2.50 bits per heavy atom. The molecule has 0 aromatic heterocycles. The molecule has 0 bridgehead atoms. The van der Waals surface area contributed by atoms with Gasteiger partial charge in [-0.05, 0) is 24.9 Å². The van der Waals surface area contributed by atoms with Crippen molar-refractivity contribution in [1.82, 2.24) is 5.32 Å². The van der Waals surface area contributed by atoms with Gasteiger partial charge >= 0.3 is 0 Å². The van der Waals surface area contributed by atoms with E-state index in [0.29, 0.717) is 13.0 Å². The molecule has 1 rings (SSSR count). The Morgan fingerprint density at radius 2 is 1.94 bits per heavy atom. The topological polar surface area (TPSA) is 98.3 Å². The number of unbranched alkanes of at least 4 members (excludes halogenated alkanes) is 1. The lowest BCUT2D eigenvalue weighted by atomic mass is 10.2. The fraction of sp³-hybridized carbons (Fsp3) is 0.417. The van der Waals surface area contributed by atoms with Crippen LogP contribution in [-0.2, 0) is 11.3 Å². The molecule has 0 fully saturated rings. The molecule has 3 N–H and O–H groups in total. The third-order valence-electron chi connectivity index (χ3n) is 2.50. The van der Waals surface area contributed by atoms with Gasteiger partial charge in [-0.25, -0.2) is 0 Å². The highest BCUT2D eigenvalue weighted by Crippen LogP contribution is 2.11. The molecule has 0 heterocycles. The van der Waals surface area contributed by atoms with Crippen LogP contribution in [0.3, 0.4) is 0 Å². The minimum atomic E-state index is -0.416. The van der Waals surface area contributed by atoms with Gasteiger partial charge in [-0.3, -0.25) is 14.9 Å². The standard InChI is InChI=1S/C12H17N3O3/c13-12(16)3-1-2-8-14-9-10-4-6-11(7-5-10)15(17)18/h4-7,14H,1-3,8-9H2,(H2,13,16). The maximum atomic E-state index is 10.5. The highest BCUT2D eigenvalue weighted by Gasteiger charge is 2.03. The summed E-state index contributed by atoms with van der Waals surface area (Å²) in [5.74, 6) is -0.273. The maximum absolute atomic E-state index is 10.5. The Balaban J connectivity index is 2.19. The summed E-state index contributed by atoms with van der Waals surface area (Å²) in [6, 6.07) is 6.44. The third kappa shape index (κ3) is 5.40. The van der Waals surface area contributed by atoms with Gasteiger partial charge in [0.25, 0.3) is 5.69 Å². The van der Waals surface area contributed by atoms with Crippen LogP contribution in [0.25, 0.3) is 0 Å². The summed E-state index contributed by atoms with van der Waals surface area (Å²) in [6.07, 6.45) is 2.08. The van der Waals surface area contributed by atoms with Crippen LogP contribution in [0, 0.1) is 10.1 Å². The van der Waals surface area contributed by atoms with E-state index >= 15 is 0 Å². The highest BCUT2D eigenvalue weighted by atomic mass is 16.6. The van der Waals surface area contributed by atoms with Crippen molar-refractivity contribution in [3.05, 3.63) is 39.9 Å². The number of hydrogen-bond donors (Lipinski definition) is 2. The van der Waals surface area contributed by atoms with E-state index in [0.717, 1.165) is 24.9 Å². The van der Waals surface area contributed by atoms with E-state index in [-0.39, 0.29) is 11.6 Å². The number of benzene rings is 1. The van der Waals surface area contributed by atoms with Crippen LogP contribution in [0.2, 0.25) is 0 Å². The molecule has 0 radical (unpaired) electrons. The van der Waals surface area contributed by atoms with Gasteiger partial charge in [0, 0.05) is 25.1 Å². The van der Waals surface area contributed by atoms with Crippen LogP contribution < -0.4 is 11.1 Å². The maximum Gasteiger partial charge on any atom is 0.269 e. The number of nitrogens with one attached hydrogen (secondary N) is 1. The molecule has 0 saturated heterocycles. The molecular formula is C12H17N3O3. The molecule has 6 nitrogen and oxygen atoms in total. The Kier molecular flexibility index (Phi) is 5.79. The molecule has 0 aliphatic heterocycles. The van der Waals surface area contributed by atoms with Gasteiger partial charge in [0.2, 0.25) is 5.91 Å². The van der Waals surface area contributed by atoms with Crippen molar-refractivity contribution in [2.24, 2.45) is 5.73 Å². The van der Waals surface area contributed by atoms with E-state index in [4.69, 9.17) is 5.73 Å². The number of rotatable bonds is 8. The second-order valence-corrected chi connectivity index (χ2v) is 4.02. The lowest BCUT2D eigenvalue weighted by Gasteiger charge is -2.04. The predicted molar refractivity (Wildman–Crippen MR) is 67.8 cm³/mol. The van der Waals surface area contributed by atoms with E-state index in [1.165, 1.54) is 12.1 Å². The summed E-state index contributed by atoms with van der Waals surface area (Å²) in [5.41, 5.74) is 6.12. The van der Waals surface area contributed by atoms with Gasteiger partial charge in [0.05, 0.1) is 4.92 Å². The van der Waals surface area contributed by atoms with Crippen LogP contribution in [0.1, 0.15) is 24.8 Å². The fourth-order valence-corrected chi connectivity index (χ4v) is 1.52. The van der Waals surface area contributed by atoms with Crippen LogP contribution in [0.5, 0.6) is 0 Å². The van der Waals surface area contributed by atoms with Gasteiger partial charge in [-0.2, -0.15) is 0 Å². The Hall–Kier alpha value is -1.95. The number of carbonyl (C=O) groups excluding carboxylic acids is 1. The lowest BCUT2D eigenvalue weighted by Crippen LogP contribution is -2.16. The number of hydrogen-bond acceptors (Lipinski definition) is 4. The lowest BCUT2D eigenvalue weighted by molar-refractivity contribution is -0.384. The second kappa shape index (κ2) is 7.39. The fourth-order valence-electron chi connectivity index (χ4n) is 1.52. The zero-order chi connectivity index (χ0) is 13.4. The Morgan fingerprint density at radius 1 is 1.28 bits per heavy atom. The molecule has 0 aliphatic rings. The van der Waals surface area contributed by atoms with Crippen molar-refractivity contribution in [2.45, 2.75) is 25.8 Å². The summed E-state index contributed by atoms with van der Waals surface area (Å²) >= 11 is 0. The van der Waals surface area contributed by atoms with E-state index in [1.54, 1.807) is 12.1 Å². The van der Waals surface area contributed by atoms with Gasteiger partial charge in [-0.15, -0.1) is 0 Å². The van der Waals surface area contributed by atoms with Crippen LogP contribution in [0.4, 0.5) is 5.69 Å². The van der Waals surface area contributed by atoms with Gasteiger partial charge in [-0.1, -0.05) is 12.1 Å². The number of primary amides is 1. The highest BCUT2D eigenvalue weighted by molar-refractivity contribution is 5.73. The average Bonchev–Trinajstić information content (AvgIpc) is 2.34. The van der Waals surface area contributed by atoms with E-state index in [1.807, 2.05) is 0 Å². The summed E-state index contributed by atoms with van der Waals surface area (Å²) in [6.45, 7) is 1.46. The van der Waals surface area contributed by atoms with Gasteiger partial charge in [0.1, 0.15) is 0 Å². The first kappa shape index (κ1) is 14.1. The van der Waals surface area contributed by atoms with Crippen molar-refractivity contribution in [1.29, 1.82) is 0 Å². The molecule has 0 unspecified atom stereocenters. The third-order valence-corrected chi connectivity index (χ3v) is 2.50. The largest absolute Gasteiger partial charge is 0.370 e. The van der Waals surface area contributed by atoms with Crippen molar-refractivity contribution in [3.8, 4) is 0 Å². The molecule has 98 valence electrons. The quantitative estimate of drug-likeness (QED) is 0.414. The monoisotopic (exact) mass is 251 g/mol. The molecule has 1 aromatic rings. The zero-order valence-corrected chi connectivity index (χ0v) is 10.1. The molecule has 1 aromatic carbocycles. The SMILES string of the molecule is NC(=O)CCCCNCc1ccc([N+](=O)[O-])cc1. The minimum Gasteiger partial charge on any atom is -0.370 e. The van der Waals surface area contributed by atoms with Crippen LogP contribution >= 0.6 is 0 Å². The van der Waals surface area contributed by atoms with E-state index in [2.05, 4.69) is 5.32 Å². The first-order valence-electron chi connectivity index (χ1n) is 5.82. The Bertz CT molecular complexity index is 404. The van der Waals surface area contributed by atoms with Crippen LogP contribution in [0.15, 0.2) is 24.3 Å². The smallest absolute Gasteiger partial charge is 0.269 e. The summed E-state index contributed by atoms with van der Waals surface area (Å²) in [5, 5.41) is 13.7. The number of amides is 1. The van der Waals surface area contributed by atoms with Crippen LogP contribution in [-0.4, -0.2) is 17.4 Å². The first-order valence-corrected chi connectivity index (χ1v) is 5.82. The number of nitro benzene ring substituents is 1. The van der Waals surface area contributed by atoms with Crippen molar-refractivity contribution in [3.63, 3.8) is 0 Å². The summed E-state index contributed by atoms with van der Waals surface area (Å²) < 4.78 is 0. The Labute approximate surface area is 105 Å². The predicted octanol–water partition coefficient (Wildman–Crippen LogP) is 1.34. The molecular weight excluding hydrogens is 234 g/mol. The molecule has 0 saturated carbocycles. The zero-order valence-electron chi connectivity index (χ0n) is 10.1. The molecule has 6 heteroatoms. The molecule has 0 aliphatic carbocycles. The molecule has 18 heavy (non-hydrogen) atoms. The minimum absolute atomic E-state index is 0.0974. The van der Waals surface area contributed by atoms with Crippen molar-refractivity contribution in [2.75, 3.05) is 6.54 Å². The molecule has 1 amide bonds. The number of nitrogens with two attached hydrogens (primary N) is 1. The number of non-ortho nitro benzene ring substituents is 1. The number of carbonyl (C=O) groups is 1. The first-order chi connectivity index (χ1) is 8.59. The van der Waals surface area contributed by atoms with Crippen molar-refractivity contribution >= 4 is 11.6 Å². The van der Waals surface area contributed by atoms with Gasteiger partial charge in [0.15, 0.2) is 0 Å². The summed E-state index contributed by atoms with van der Waals surface area (Å²) in [7, 11) is 0. The average molecular weight is 251 g/mol. The number of nitrogens with zero attached hydrogens (tertiary/aromatic N) is 1. The normalized spacial score (nSPS) is 10.2. The van der Waals surface area contributed by atoms with Crippen molar-refractivity contribution < 1.29 is 9.72 Å². The molecule has 0 atom stereocenters.